The SMILES string of the molecule is CCCNC(=O)[C@@H]1[C@@H]2CCC3(S2)C(C(=O)NCn2nnc4ccccc42)N([C@H](C)CO)C(=O)[C@H]13. The van der Waals surface area contributed by atoms with Gasteiger partial charge in [-0.05, 0) is 38.3 Å². The van der Waals surface area contributed by atoms with Crippen LogP contribution in [-0.4, -0.2) is 78.0 Å². The summed E-state index contributed by atoms with van der Waals surface area (Å²) in [5, 5.41) is 24.1. The zero-order valence-electron chi connectivity index (χ0n) is 19.3. The van der Waals surface area contributed by atoms with Gasteiger partial charge in [0.2, 0.25) is 17.7 Å². The quantitative estimate of drug-likeness (QED) is 0.496. The van der Waals surface area contributed by atoms with Crippen molar-refractivity contribution in [2.24, 2.45) is 11.8 Å². The van der Waals surface area contributed by atoms with Crippen molar-refractivity contribution in [1.29, 1.82) is 0 Å². The lowest BCUT2D eigenvalue weighted by molar-refractivity contribution is -0.142. The molecular weight excluding hydrogens is 456 g/mol. The van der Waals surface area contributed by atoms with Crippen LogP contribution in [0.25, 0.3) is 11.0 Å². The summed E-state index contributed by atoms with van der Waals surface area (Å²) in [6.07, 6.45) is 2.29. The number of hydrogen-bond donors (Lipinski definition) is 3. The first kappa shape index (κ1) is 23.1. The maximum atomic E-state index is 13.7. The number of carbonyl (C=O) groups is 3. The van der Waals surface area contributed by atoms with E-state index in [1.807, 2.05) is 31.2 Å². The van der Waals surface area contributed by atoms with E-state index in [2.05, 4.69) is 20.9 Å². The van der Waals surface area contributed by atoms with Gasteiger partial charge in [-0.1, -0.05) is 24.3 Å². The van der Waals surface area contributed by atoms with E-state index < -0.39 is 28.7 Å². The molecule has 5 rings (SSSR count). The van der Waals surface area contributed by atoms with Gasteiger partial charge in [-0.3, -0.25) is 14.4 Å². The summed E-state index contributed by atoms with van der Waals surface area (Å²) >= 11 is 1.62. The molecule has 1 spiro atoms. The minimum absolute atomic E-state index is 0.0203. The molecule has 1 aromatic heterocycles. The molecule has 11 heteroatoms. The Morgan fingerprint density at radius 2 is 2.09 bits per heavy atom. The number of carbonyl (C=O) groups excluding carboxylic acids is 3. The molecule has 3 amide bonds. The van der Waals surface area contributed by atoms with Gasteiger partial charge in [0, 0.05) is 11.8 Å². The second-order valence-electron chi connectivity index (χ2n) is 9.40. The molecule has 3 saturated heterocycles. The van der Waals surface area contributed by atoms with Crippen LogP contribution in [0.15, 0.2) is 24.3 Å². The fourth-order valence-electron chi connectivity index (χ4n) is 5.90. The van der Waals surface area contributed by atoms with E-state index in [0.29, 0.717) is 13.0 Å². The number of nitrogens with zero attached hydrogens (tertiary/aromatic N) is 4. The van der Waals surface area contributed by atoms with E-state index in [-0.39, 0.29) is 36.2 Å². The van der Waals surface area contributed by atoms with Crippen molar-refractivity contribution < 1.29 is 19.5 Å². The molecule has 1 aromatic carbocycles. The molecule has 3 fully saturated rings. The fraction of sp³-hybridized carbons (Fsp3) is 0.609. The number of thioether (sulfide) groups is 1. The van der Waals surface area contributed by atoms with Gasteiger partial charge in [0.1, 0.15) is 18.2 Å². The molecule has 3 aliphatic heterocycles. The molecule has 0 saturated carbocycles. The number of rotatable bonds is 8. The third kappa shape index (κ3) is 3.39. The molecule has 34 heavy (non-hydrogen) atoms. The lowest BCUT2D eigenvalue weighted by Gasteiger charge is -2.35. The number of aromatic nitrogens is 3. The highest BCUT2D eigenvalue weighted by molar-refractivity contribution is 8.02. The highest BCUT2D eigenvalue weighted by Crippen LogP contribution is 2.66. The number of hydrogen-bond acceptors (Lipinski definition) is 7. The maximum Gasteiger partial charge on any atom is 0.245 e. The molecule has 6 atom stereocenters. The average Bonchev–Trinajstić information content (AvgIpc) is 3.59. The number of para-hydroxylation sites is 1. The summed E-state index contributed by atoms with van der Waals surface area (Å²) in [7, 11) is 0. The molecule has 2 unspecified atom stereocenters. The fourth-order valence-corrected chi connectivity index (χ4v) is 8.11. The molecule has 182 valence electrons. The first-order chi connectivity index (χ1) is 16.4. The van der Waals surface area contributed by atoms with Gasteiger partial charge in [0.15, 0.2) is 0 Å². The molecule has 10 nitrogen and oxygen atoms in total. The lowest BCUT2D eigenvalue weighted by atomic mass is 9.70. The number of nitrogens with one attached hydrogen (secondary N) is 2. The first-order valence-electron chi connectivity index (χ1n) is 11.9. The van der Waals surface area contributed by atoms with Crippen LogP contribution < -0.4 is 10.6 Å². The Labute approximate surface area is 201 Å². The molecule has 2 bridgehead atoms. The second-order valence-corrected chi connectivity index (χ2v) is 11.0. The van der Waals surface area contributed by atoms with E-state index in [1.54, 1.807) is 23.4 Å². The minimum Gasteiger partial charge on any atom is -0.394 e. The number of aliphatic hydroxyl groups excluding tert-OH is 1. The van der Waals surface area contributed by atoms with Crippen molar-refractivity contribution in [3.63, 3.8) is 0 Å². The number of likely N-dealkylation sites (tertiary alicyclic amines) is 1. The van der Waals surface area contributed by atoms with Crippen LogP contribution in [0.1, 0.15) is 33.1 Å². The first-order valence-corrected chi connectivity index (χ1v) is 12.8. The highest BCUT2D eigenvalue weighted by atomic mass is 32.2. The number of aliphatic hydroxyl groups is 1. The molecule has 0 radical (unpaired) electrons. The molecule has 4 heterocycles. The third-order valence-electron chi connectivity index (χ3n) is 7.40. The number of amides is 3. The highest BCUT2D eigenvalue weighted by Gasteiger charge is 2.73. The molecule has 2 aromatic rings. The van der Waals surface area contributed by atoms with Gasteiger partial charge in [-0.2, -0.15) is 0 Å². The predicted molar refractivity (Wildman–Crippen MR) is 126 cm³/mol. The summed E-state index contributed by atoms with van der Waals surface area (Å²) in [5.74, 6) is -1.63. The van der Waals surface area contributed by atoms with Crippen LogP contribution in [0.5, 0.6) is 0 Å². The zero-order valence-corrected chi connectivity index (χ0v) is 20.1. The minimum atomic E-state index is -0.763. The molecule has 3 N–H and O–H groups in total. The Bertz CT molecular complexity index is 1120. The average molecular weight is 487 g/mol. The number of benzene rings is 1. The van der Waals surface area contributed by atoms with Crippen molar-refractivity contribution in [1.82, 2.24) is 30.5 Å². The van der Waals surface area contributed by atoms with Gasteiger partial charge < -0.3 is 20.6 Å². The molecule has 0 aliphatic carbocycles. The van der Waals surface area contributed by atoms with Crippen LogP contribution >= 0.6 is 11.8 Å². The maximum absolute atomic E-state index is 13.7. The smallest absolute Gasteiger partial charge is 0.245 e. The van der Waals surface area contributed by atoms with Crippen molar-refractivity contribution in [3.8, 4) is 0 Å². The van der Waals surface area contributed by atoms with Crippen molar-refractivity contribution in [2.75, 3.05) is 13.2 Å². The van der Waals surface area contributed by atoms with Crippen molar-refractivity contribution >= 4 is 40.5 Å². The summed E-state index contributed by atoms with van der Waals surface area (Å²) in [6.45, 7) is 4.14. The van der Waals surface area contributed by atoms with E-state index in [0.717, 1.165) is 23.9 Å². The van der Waals surface area contributed by atoms with Gasteiger partial charge >= 0.3 is 0 Å². The summed E-state index contributed by atoms with van der Waals surface area (Å²) in [4.78, 5) is 41.9. The molecule has 3 aliphatic rings. The van der Waals surface area contributed by atoms with E-state index in [1.165, 1.54) is 4.90 Å². The Morgan fingerprint density at radius 3 is 2.85 bits per heavy atom. The van der Waals surface area contributed by atoms with Gasteiger partial charge in [0.25, 0.3) is 0 Å². The lowest BCUT2D eigenvalue weighted by Crippen LogP contribution is -2.56. The van der Waals surface area contributed by atoms with Crippen molar-refractivity contribution in [3.05, 3.63) is 24.3 Å². The van der Waals surface area contributed by atoms with Gasteiger partial charge in [-0.25, -0.2) is 4.68 Å². The van der Waals surface area contributed by atoms with Crippen LogP contribution in [0.2, 0.25) is 0 Å². The predicted octanol–water partition coefficient (Wildman–Crippen LogP) is 0.503. The Morgan fingerprint density at radius 1 is 1.29 bits per heavy atom. The largest absolute Gasteiger partial charge is 0.394 e. The second kappa shape index (κ2) is 8.84. The third-order valence-corrected chi connectivity index (χ3v) is 9.35. The number of fused-ring (bicyclic) bond motifs is 2. The van der Waals surface area contributed by atoms with Crippen LogP contribution in [-0.2, 0) is 21.1 Å². The summed E-state index contributed by atoms with van der Waals surface area (Å²) in [5.41, 5.74) is 1.53. The van der Waals surface area contributed by atoms with Crippen LogP contribution in [0, 0.1) is 11.8 Å². The van der Waals surface area contributed by atoms with Crippen molar-refractivity contribution in [2.45, 2.75) is 61.9 Å². The summed E-state index contributed by atoms with van der Waals surface area (Å²) < 4.78 is 0.938. The Hall–Kier alpha value is -2.66. The monoisotopic (exact) mass is 486 g/mol. The van der Waals surface area contributed by atoms with Gasteiger partial charge in [-0.15, -0.1) is 16.9 Å². The van der Waals surface area contributed by atoms with Crippen LogP contribution in [0.4, 0.5) is 0 Å². The van der Waals surface area contributed by atoms with E-state index in [4.69, 9.17) is 0 Å². The Kier molecular flexibility index (Phi) is 6.01. The zero-order chi connectivity index (χ0) is 24.0. The topological polar surface area (TPSA) is 129 Å². The van der Waals surface area contributed by atoms with E-state index in [9.17, 15) is 19.5 Å². The normalized spacial score (nSPS) is 30.6. The summed E-state index contributed by atoms with van der Waals surface area (Å²) in [6, 6.07) is 6.19. The van der Waals surface area contributed by atoms with E-state index >= 15 is 0 Å². The van der Waals surface area contributed by atoms with Gasteiger partial charge in [0.05, 0.1) is 34.7 Å². The van der Waals surface area contributed by atoms with Crippen LogP contribution in [0.3, 0.4) is 0 Å². The Balaban J connectivity index is 1.43. The molecular formula is C23H30N6O4S. The standard InChI is InChI=1S/C23H30N6O4S/c1-3-10-24-20(31)17-16-8-9-23(34-16)18(17)22(33)29(13(2)11-30)19(23)21(32)25-12-28-15-7-5-4-6-14(15)26-27-28/h4-7,13,16-19,30H,3,8-12H2,1-2H3,(H,24,31)(H,25,32)/t13-,16+,17-,18+,19?,23?/m1/s1.